The fourth-order valence-corrected chi connectivity index (χ4v) is 3.71. The van der Waals surface area contributed by atoms with E-state index in [-0.39, 0.29) is 36.0 Å². The minimum Gasteiger partial charge on any atom is -0.487 e. The number of pyridine rings is 1. The van der Waals surface area contributed by atoms with Crippen molar-refractivity contribution in [2.45, 2.75) is 13.2 Å². The lowest BCUT2D eigenvalue weighted by Gasteiger charge is -2.12. The van der Waals surface area contributed by atoms with Gasteiger partial charge in [0.2, 0.25) is 5.91 Å². The highest BCUT2D eigenvalue weighted by atomic mass is 35.5. The number of imidazole rings is 1. The van der Waals surface area contributed by atoms with Gasteiger partial charge in [-0.1, -0.05) is 17.7 Å². The van der Waals surface area contributed by atoms with Gasteiger partial charge in [0.1, 0.15) is 29.0 Å². The van der Waals surface area contributed by atoms with E-state index >= 15 is 0 Å². The number of halogens is 3. The maximum absolute atomic E-state index is 13.8. The number of benzene rings is 2. The number of fused-ring (bicyclic) bond motifs is 1. The van der Waals surface area contributed by atoms with E-state index in [4.69, 9.17) is 16.3 Å². The number of nitrogens with one attached hydrogen (secondary N) is 2. The Bertz CT molecular complexity index is 1510. The molecule has 0 saturated carbocycles. The largest absolute Gasteiger partial charge is 0.487 e. The van der Waals surface area contributed by atoms with Gasteiger partial charge in [-0.25, -0.2) is 18.1 Å². The van der Waals surface area contributed by atoms with Crippen LogP contribution in [0.4, 0.5) is 8.78 Å². The molecule has 176 valence electrons. The van der Waals surface area contributed by atoms with Crippen molar-refractivity contribution in [3.05, 3.63) is 97.3 Å². The zero-order chi connectivity index (χ0) is 24.4. The van der Waals surface area contributed by atoms with Crippen LogP contribution >= 0.6 is 11.6 Å². The standard InChI is InChI=1S/C23H19ClF2N4O4/c1-27-10-20(31)30-18-8-13(2-5-17(18)28-23(30)33)11-29-7-6-19(21(24)22(29)32)34-12-14-3-4-15(25)9-16(14)26/h2-9,27H,10-12H2,1H3,(H,28,33). The number of carbonyl (C=O) groups is 1. The first-order chi connectivity index (χ1) is 16.3. The third-order valence-corrected chi connectivity index (χ3v) is 5.50. The number of hydrogen-bond donors (Lipinski definition) is 2. The van der Waals surface area contributed by atoms with Crippen molar-refractivity contribution in [3.63, 3.8) is 0 Å². The van der Waals surface area contributed by atoms with Gasteiger partial charge in [-0.05, 0) is 42.9 Å². The molecule has 0 atom stereocenters. The van der Waals surface area contributed by atoms with Gasteiger partial charge >= 0.3 is 5.69 Å². The number of nitrogens with zero attached hydrogens (tertiary/aromatic N) is 2. The minimum atomic E-state index is -0.767. The molecule has 0 amide bonds. The van der Waals surface area contributed by atoms with Crippen molar-refractivity contribution < 1.29 is 18.3 Å². The molecule has 0 aliphatic heterocycles. The number of rotatable bonds is 7. The Labute approximate surface area is 196 Å². The van der Waals surface area contributed by atoms with Crippen LogP contribution in [0.2, 0.25) is 5.02 Å². The van der Waals surface area contributed by atoms with E-state index in [0.717, 1.165) is 16.7 Å². The molecule has 0 aliphatic carbocycles. The number of likely N-dealkylation sites (N-methyl/N-ethyl adjacent to an activating group) is 1. The molecule has 0 bridgehead atoms. The number of carbonyl (C=O) groups excluding carboxylic acids is 1. The first kappa shape index (κ1) is 23.4. The van der Waals surface area contributed by atoms with Gasteiger partial charge in [0, 0.05) is 17.8 Å². The van der Waals surface area contributed by atoms with Gasteiger partial charge < -0.3 is 19.6 Å². The van der Waals surface area contributed by atoms with Gasteiger partial charge in [-0.15, -0.1) is 0 Å². The van der Waals surface area contributed by atoms with Gasteiger partial charge in [0.15, 0.2) is 0 Å². The van der Waals surface area contributed by atoms with Crippen LogP contribution in [0.1, 0.15) is 15.9 Å². The van der Waals surface area contributed by atoms with Gasteiger partial charge in [-0.3, -0.25) is 9.59 Å². The Morgan fingerprint density at radius 2 is 1.94 bits per heavy atom. The lowest BCUT2D eigenvalue weighted by Crippen LogP contribution is -2.31. The Morgan fingerprint density at radius 1 is 1.15 bits per heavy atom. The van der Waals surface area contributed by atoms with Gasteiger partial charge in [0.05, 0.1) is 24.1 Å². The Morgan fingerprint density at radius 3 is 2.68 bits per heavy atom. The van der Waals surface area contributed by atoms with Crippen molar-refractivity contribution in [1.29, 1.82) is 0 Å². The molecule has 34 heavy (non-hydrogen) atoms. The average Bonchev–Trinajstić information content (AvgIpc) is 3.12. The molecule has 0 saturated heterocycles. The molecule has 0 spiro atoms. The first-order valence-electron chi connectivity index (χ1n) is 10.2. The van der Waals surface area contributed by atoms with Gasteiger partial charge in [0.25, 0.3) is 5.56 Å². The predicted octanol–water partition coefficient (Wildman–Crippen LogP) is 2.91. The molecule has 2 aromatic heterocycles. The minimum absolute atomic E-state index is 0.0184. The van der Waals surface area contributed by atoms with Crippen LogP contribution in [0, 0.1) is 11.6 Å². The van der Waals surface area contributed by atoms with Crippen LogP contribution < -0.4 is 21.3 Å². The molecule has 2 heterocycles. The SMILES string of the molecule is CNCC(=O)n1c(=O)[nH]c2ccc(Cn3ccc(OCc4ccc(F)cc4F)c(Cl)c3=O)cc21. The van der Waals surface area contributed by atoms with Crippen molar-refractivity contribution in [2.75, 3.05) is 13.6 Å². The maximum Gasteiger partial charge on any atom is 0.333 e. The normalized spacial score (nSPS) is 11.2. The van der Waals surface area contributed by atoms with Crippen molar-refractivity contribution in [3.8, 4) is 5.75 Å². The summed E-state index contributed by atoms with van der Waals surface area (Å²) in [6, 6.07) is 9.57. The summed E-state index contributed by atoms with van der Waals surface area (Å²) in [5.74, 6) is -1.84. The van der Waals surface area contributed by atoms with E-state index < -0.39 is 28.8 Å². The van der Waals surface area contributed by atoms with Gasteiger partial charge in [-0.2, -0.15) is 0 Å². The van der Waals surface area contributed by atoms with Crippen LogP contribution in [0.25, 0.3) is 11.0 Å². The van der Waals surface area contributed by atoms with E-state index in [9.17, 15) is 23.2 Å². The average molecular weight is 489 g/mol. The number of aromatic amines is 1. The Balaban J connectivity index is 1.58. The highest BCUT2D eigenvalue weighted by Crippen LogP contribution is 2.22. The van der Waals surface area contributed by atoms with Crippen LogP contribution in [0.3, 0.4) is 0 Å². The molecule has 0 radical (unpaired) electrons. The summed E-state index contributed by atoms with van der Waals surface area (Å²) >= 11 is 6.18. The number of H-pyrrole nitrogens is 1. The molecule has 0 aliphatic rings. The van der Waals surface area contributed by atoms with E-state index in [1.807, 2.05) is 0 Å². The van der Waals surface area contributed by atoms with Crippen LogP contribution in [-0.4, -0.2) is 33.6 Å². The molecule has 0 fully saturated rings. The van der Waals surface area contributed by atoms with Crippen LogP contribution in [-0.2, 0) is 13.2 Å². The summed E-state index contributed by atoms with van der Waals surface area (Å²) < 4.78 is 34.7. The molecule has 11 heteroatoms. The topological polar surface area (TPSA) is 98.1 Å². The van der Waals surface area contributed by atoms with E-state index in [1.165, 1.54) is 22.9 Å². The molecule has 0 unspecified atom stereocenters. The summed E-state index contributed by atoms with van der Waals surface area (Å²) in [7, 11) is 1.60. The highest BCUT2D eigenvalue weighted by Gasteiger charge is 2.15. The highest BCUT2D eigenvalue weighted by molar-refractivity contribution is 6.31. The monoisotopic (exact) mass is 488 g/mol. The molecule has 8 nitrogen and oxygen atoms in total. The summed E-state index contributed by atoms with van der Waals surface area (Å²) in [4.78, 5) is 39.9. The summed E-state index contributed by atoms with van der Waals surface area (Å²) in [5, 5.41) is 2.51. The second-order valence-electron chi connectivity index (χ2n) is 7.49. The number of hydrogen-bond acceptors (Lipinski definition) is 5. The molecular formula is C23H19ClF2N4O4. The molecular weight excluding hydrogens is 470 g/mol. The zero-order valence-electron chi connectivity index (χ0n) is 17.9. The lowest BCUT2D eigenvalue weighted by atomic mass is 10.2. The fraction of sp³-hybridized carbons (Fsp3) is 0.174. The quantitative estimate of drug-likeness (QED) is 0.417. The van der Waals surface area contributed by atoms with Crippen LogP contribution in [0.5, 0.6) is 5.75 Å². The second-order valence-corrected chi connectivity index (χ2v) is 7.87. The third-order valence-electron chi connectivity index (χ3n) is 5.15. The van der Waals surface area contributed by atoms with E-state index in [0.29, 0.717) is 16.6 Å². The molecule has 2 aromatic carbocycles. The maximum atomic E-state index is 13.8. The summed E-state index contributed by atoms with van der Waals surface area (Å²) in [6.07, 6.45) is 1.46. The van der Waals surface area contributed by atoms with Crippen molar-refractivity contribution in [1.82, 2.24) is 19.4 Å². The van der Waals surface area contributed by atoms with E-state index in [2.05, 4.69) is 10.3 Å². The zero-order valence-corrected chi connectivity index (χ0v) is 18.7. The summed E-state index contributed by atoms with van der Waals surface area (Å²) in [5.41, 5.74) is 0.546. The lowest BCUT2D eigenvalue weighted by molar-refractivity contribution is 0.0916. The number of ether oxygens (including phenoxy) is 1. The Kier molecular flexibility index (Phi) is 6.62. The fourth-order valence-electron chi connectivity index (χ4n) is 3.48. The number of aromatic nitrogens is 3. The third kappa shape index (κ3) is 4.63. The van der Waals surface area contributed by atoms with Crippen molar-refractivity contribution in [2.24, 2.45) is 0 Å². The molecule has 2 N–H and O–H groups in total. The molecule has 4 rings (SSSR count). The van der Waals surface area contributed by atoms with E-state index in [1.54, 1.807) is 25.2 Å². The smallest absolute Gasteiger partial charge is 0.333 e. The molecule has 4 aromatic rings. The second kappa shape index (κ2) is 9.62. The summed E-state index contributed by atoms with van der Waals surface area (Å²) in [6.45, 7) is -0.145. The predicted molar refractivity (Wildman–Crippen MR) is 123 cm³/mol. The Hall–Kier alpha value is -3.76. The van der Waals surface area contributed by atoms with Crippen molar-refractivity contribution >= 4 is 28.5 Å². The first-order valence-corrected chi connectivity index (χ1v) is 10.5. The van der Waals surface area contributed by atoms with Crippen LogP contribution in [0.15, 0.2) is 58.3 Å².